The second-order valence-corrected chi connectivity index (χ2v) is 3.67. The van der Waals surface area contributed by atoms with E-state index in [0.717, 1.165) is 12.1 Å². The van der Waals surface area contributed by atoms with Crippen molar-refractivity contribution in [3.8, 4) is 17.7 Å². The van der Waals surface area contributed by atoms with Crippen LogP contribution in [-0.2, 0) is 0 Å². The van der Waals surface area contributed by atoms with Gasteiger partial charge in [0.1, 0.15) is 17.4 Å². The number of aromatic nitrogens is 2. The molecule has 1 aromatic heterocycles. The molecule has 21 heavy (non-hydrogen) atoms. The summed E-state index contributed by atoms with van der Waals surface area (Å²) in [4.78, 5) is 28.4. The van der Waals surface area contributed by atoms with Gasteiger partial charge >= 0.3 is 5.97 Å². The summed E-state index contributed by atoms with van der Waals surface area (Å²) < 4.78 is 5.24. The Morgan fingerprint density at radius 2 is 2.10 bits per heavy atom. The first-order valence-electron chi connectivity index (χ1n) is 5.43. The zero-order valence-electron chi connectivity index (χ0n) is 10.3. The lowest BCUT2D eigenvalue weighted by Gasteiger charge is -2.06. The molecule has 0 aliphatic heterocycles. The Hall–Kier alpha value is -3.54. The van der Waals surface area contributed by atoms with E-state index in [2.05, 4.69) is 9.97 Å². The van der Waals surface area contributed by atoms with Gasteiger partial charge in [-0.2, -0.15) is 5.26 Å². The van der Waals surface area contributed by atoms with Crippen LogP contribution in [0.25, 0.3) is 0 Å². The molecule has 0 aliphatic carbocycles. The van der Waals surface area contributed by atoms with Crippen LogP contribution in [0.1, 0.15) is 16.1 Å². The Labute approximate surface area is 117 Å². The van der Waals surface area contributed by atoms with Crippen molar-refractivity contribution in [2.24, 2.45) is 0 Å². The zero-order chi connectivity index (χ0) is 15.4. The number of carboxylic acid groups (broad SMARTS) is 1. The fourth-order valence-electron chi connectivity index (χ4n) is 1.50. The summed E-state index contributed by atoms with van der Waals surface area (Å²) in [5.41, 5.74) is -1.18. The number of hydrogen-bond acceptors (Lipinski definition) is 7. The Morgan fingerprint density at radius 1 is 1.38 bits per heavy atom. The molecule has 0 atom stereocenters. The Balaban J connectivity index is 2.42. The van der Waals surface area contributed by atoms with Crippen LogP contribution in [0.2, 0.25) is 0 Å². The number of nitro benzene ring substituents is 1. The lowest BCUT2D eigenvalue weighted by atomic mass is 10.1. The third kappa shape index (κ3) is 2.90. The number of ether oxygens (including phenoxy) is 1. The van der Waals surface area contributed by atoms with Crippen molar-refractivity contribution < 1.29 is 19.6 Å². The van der Waals surface area contributed by atoms with Crippen molar-refractivity contribution in [1.29, 1.82) is 5.26 Å². The van der Waals surface area contributed by atoms with Gasteiger partial charge in [-0.3, -0.25) is 10.1 Å². The minimum absolute atomic E-state index is 0.00463. The van der Waals surface area contributed by atoms with E-state index in [9.17, 15) is 14.9 Å². The number of nitriles is 1. The fraction of sp³-hybridized carbons (Fsp3) is 0. The molecule has 0 saturated heterocycles. The first kappa shape index (κ1) is 13.9. The molecule has 104 valence electrons. The minimum atomic E-state index is -1.47. The van der Waals surface area contributed by atoms with Crippen molar-refractivity contribution in [3.05, 3.63) is 52.0 Å². The topological polar surface area (TPSA) is 139 Å². The lowest BCUT2D eigenvalue weighted by molar-refractivity contribution is -0.385. The van der Waals surface area contributed by atoms with Crippen molar-refractivity contribution in [2.75, 3.05) is 0 Å². The largest absolute Gasteiger partial charge is 0.477 e. The molecular weight excluding hydrogens is 280 g/mol. The van der Waals surface area contributed by atoms with E-state index >= 15 is 0 Å². The molecule has 0 fully saturated rings. The zero-order valence-corrected chi connectivity index (χ0v) is 10.3. The quantitative estimate of drug-likeness (QED) is 0.662. The predicted molar refractivity (Wildman–Crippen MR) is 66.9 cm³/mol. The molecule has 1 N–H and O–H groups in total. The fourth-order valence-corrected chi connectivity index (χ4v) is 1.50. The molecule has 0 spiro atoms. The normalized spacial score (nSPS) is 9.67. The second kappa shape index (κ2) is 5.62. The molecular formula is C12H6N4O5. The molecule has 0 bridgehead atoms. The monoisotopic (exact) mass is 286 g/mol. The summed E-state index contributed by atoms with van der Waals surface area (Å²) in [6.45, 7) is 0. The lowest BCUT2D eigenvalue weighted by Crippen LogP contribution is -2.03. The number of nitrogens with zero attached hydrogens (tertiary/aromatic N) is 4. The van der Waals surface area contributed by atoms with Gasteiger partial charge < -0.3 is 9.84 Å². The Kier molecular flexibility index (Phi) is 3.71. The average molecular weight is 286 g/mol. The molecule has 0 amide bonds. The molecule has 0 radical (unpaired) electrons. The number of hydrogen-bond donors (Lipinski definition) is 1. The van der Waals surface area contributed by atoms with Crippen molar-refractivity contribution >= 4 is 11.7 Å². The highest BCUT2D eigenvalue weighted by Crippen LogP contribution is 2.27. The van der Waals surface area contributed by atoms with Gasteiger partial charge in [-0.25, -0.2) is 14.8 Å². The molecule has 0 unspecified atom stereocenters. The molecule has 2 aromatic rings. The van der Waals surface area contributed by atoms with E-state index in [1.807, 2.05) is 0 Å². The van der Waals surface area contributed by atoms with E-state index in [1.54, 1.807) is 6.07 Å². The minimum Gasteiger partial charge on any atom is -0.477 e. The highest BCUT2D eigenvalue weighted by molar-refractivity contribution is 5.92. The van der Waals surface area contributed by atoms with E-state index in [1.165, 1.54) is 18.5 Å². The highest BCUT2D eigenvalue weighted by Gasteiger charge is 2.21. The van der Waals surface area contributed by atoms with Gasteiger partial charge in [0, 0.05) is 24.5 Å². The highest BCUT2D eigenvalue weighted by atomic mass is 16.6. The summed E-state index contributed by atoms with van der Waals surface area (Å²) in [7, 11) is 0. The summed E-state index contributed by atoms with van der Waals surface area (Å²) in [6.07, 6.45) is 2.59. The summed E-state index contributed by atoms with van der Waals surface area (Å²) in [5, 5.41) is 28.5. The van der Waals surface area contributed by atoms with Crippen LogP contribution >= 0.6 is 0 Å². The van der Waals surface area contributed by atoms with E-state index in [0.29, 0.717) is 0 Å². The first-order valence-corrected chi connectivity index (χ1v) is 5.43. The first-order chi connectivity index (χ1) is 10.0. The molecule has 0 saturated carbocycles. The van der Waals surface area contributed by atoms with Crippen LogP contribution in [0.4, 0.5) is 5.69 Å². The third-order valence-corrected chi connectivity index (χ3v) is 2.38. The number of carbonyl (C=O) groups is 1. The van der Waals surface area contributed by atoms with E-state index in [4.69, 9.17) is 15.1 Å². The van der Waals surface area contributed by atoms with Gasteiger partial charge in [0.05, 0.1) is 4.92 Å². The van der Waals surface area contributed by atoms with Gasteiger partial charge in [0.15, 0.2) is 0 Å². The van der Waals surface area contributed by atoms with E-state index < -0.39 is 22.1 Å². The van der Waals surface area contributed by atoms with Crippen molar-refractivity contribution in [2.45, 2.75) is 0 Å². The molecule has 2 rings (SSSR count). The van der Waals surface area contributed by atoms with Crippen LogP contribution in [0, 0.1) is 21.4 Å². The molecule has 1 heterocycles. The molecule has 9 heteroatoms. The van der Waals surface area contributed by atoms with Crippen molar-refractivity contribution in [1.82, 2.24) is 9.97 Å². The maximum Gasteiger partial charge on any atom is 0.342 e. The second-order valence-electron chi connectivity index (χ2n) is 3.67. The molecule has 1 aromatic carbocycles. The van der Waals surface area contributed by atoms with Crippen molar-refractivity contribution in [3.63, 3.8) is 0 Å². The Morgan fingerprint density at radius 3 is 2.71 bits per heavy atom. The van der Waals surface area contributed by atoms with Gasteiger partial charge in [-0.1, -0.05) is 0 Å². The average Bonchev–Trinajstić information content (AvgIpc) is 2.47. The number of carboxylic acids is 1. The SMILES string of the molecule is N#Cc1nccnc1Oc1ccc([N+](=O)[O-])c(C(=O)O)c1. The van der Waals surface area contributed by atoms with Gasteiger partial charge in [0.2, 0.25) is 5.69 Å². The van der Waals surface area contributed by atoms with Crippen LogP contribution in [0.5, 0.6) is 11.6 Å². The maximum atomic E-state index is 11.0. The van der Waals surface area contributed by atoms with Gasteiger partial charge in [-0.15, -0.1) is 0 Å². The standard InChI is InChI=1S/C12H6N4O5/c13-6-9-11(15-4-3-14-9)21-7-1-2-10(16(19)20)8(5-7)12(17)18/h1-5H,(H,17,18). The smallest absolute Gasteiger partial charge is 0.342 e. The van der Waals surface area contributed by atoms with E-state index in [-0.39, 0.29) is 17.3 Å². The molecule has 9 nitrogen and oxygen atoms in total. The van der Waals surface area contributed by atoms with Gasteiger partial charge in [0.25, 0.3) is 11.6 Å². The molecule has 0 aliphatic rings. The maximum absolute atomic E-state index is 11.0. The Bertz CT molecular complexity index is 768. The van der Waals surface area contributed by atoms with Crippen LogP contribution in [0.3, 0.4) is 0 Å². The number of rotatable bonds is 4. The van der Waals surface area contributed by atoms with Crippen LogP contribution in [0.15, 0.2) is 30.6 Å². The third-order valence-electron chi connectivity index (χ3n) is 2.38. The van der Waals surface area contributed by atoms with Gasteiger partial charge in [-0.05, 0) is 6.07 Å². The summed E-state index contributed by atoms with van der Waals surface area (Å²) in [6, 6.07) is 4.95. The summed E-state index contributed by atoms with van der Waals surface area (Å²) in [5.74, 6) is -1.59. The van der Waals surface area contributed by atoms with Crippen LogP contribution < -0.4 is 4.74 Å². The van der Waals surface area contributed by atoms with Crippen LogP contribution in [-0.4, -0.2) is 26.0 Å². The summed E-state index contributed by atoms with van der Waals surface area (Å²) >= 11 is 0. The number of aromatic carboxylic acids is 1. The number of nitro groups is 1. The number of benzene rings is 1. The predicted octanol–water partition coefficient (Wildman–Crippen LogP) is 1.75.